The maximum Gasteiger partial charge on any atom is 3.00 e. The van der Waals surface area contributed by atoms with Gasteiger partial charge in [-0.15, -0.1) is 34.1 Å². The van der Waals surface area contributed by atoms with E-state index in [1.165, 1.54) is 66.1 Å². The molecule has 0 fully saturated rings. The fourth-order valence-electron chi connectivity index (χ4n) is 6.15. The van der Waals surface area contributed by atoms with Crippen LogP contribution in [0.3, 0.4) is 0 Å². The first-order chi connectivity index (χ1) is 19.4. The maximum absolute atomic E-state index is 3.92. The number of allylic oxidation sites excluding steroid dienone is 4. The zero-order valence-corrected chi connectivity index (χ0v) is 33.0. The van der Waals surface area contributed by atoms with Crippen LogP contribution in [0.2, 0.25) is 0 Å². The second-order valence-corrected chi connectivity index (χ2v) is 15.0. The Morgan fingerprint density at radius 3 is 1.75 bits per heavy atom. The maximum atomic E-state index is 3.92. The zero-order valence-electron chi connectivity index (χ0n) is 25.9. The van der Waals surface area contributed by atoms with E-state index in [0.717, 1.165) is 15.4 Å². The van der Waals surface area contributed by atoms with Crippen LogP contribution in [-0.2, 0) is 37.0 Å². The standard InChI is InChI=1S/C39H35Br2.2ClH.Zr/c1-38(2,3)28-15-20-31-27(21-28)22-33-32(31)23-34(37(39(4,5)6)36(33)24-9-7-8-10-24)35(25-11-16-29(40)17-12-25)26-13-18-30(41)19-14-26;;;/h7-9,11-21,23H,10H2,1-6H3;2*1H;/q-1;;;+3/p-2. The Labute approximate surface area is 311 Å². The quantitative estimate of drug-likeness (QED) is 0.241. The summed E-state index contributed by atoms with van der Waals surface area (Å²) in [5.74, 6) is 0. The number of fused-ring (bicyclic) bond motifs is 3. The smallest absolute Gasteiger partial charge is 1.00 e. The molecule has 4 aromatic rings. The molecule has 0 aromatic heterocycles. The minimum atomic E-state index is -0.105. The third-order valence-electron chi connectivity index (χ3n) is 8.14. The summed E-state index contributed by atoms with van der Waals surface area (Å²) in [6.07, 6.45) is 11.6. The molecule has 6 rings (SSSR count). The monoisotopic (exact) mass is 821 g/mol. The van der Waals surface area contributed by atoms with Gasteiger partial charge in [-0.25, -0.2) is 0 Å². The number of benzene rings is 4. The molecule has 5 heteroatoms. The SMILES string of the molecule is CC(C)(C)c1ccc2c(c1)[C-]=c1c-2cc(=C(c2ccc(Br)cc2)c2ccc(Br)cc2)c(C(C)(C)C)c1C1=CC=CC1.[Cl-].[Cl-].[Zr+3]. The largest absolute Gasteiger partial charge is 3.00 e. The van der Waals surface area contributed by atoms with Crippen LogP contribution in [0.15, 0.2) is 100.0 Å². The summed E-state index contributed by atoms with van der Waals surface area (Å²) in [6.45, 7) is 13.9. The molecule has 0 N–H and O–H groups in total. The molecule has 0 atom stereocenters. The summed E-state index contributed by atoms with van der Waals surface area (Å²) < 4.78 is 2.16. The Balaban J connectivity index is 0.00000176. The van der Waals surface area contributed by atoms with Crippen molar-refractivity contribution >= 4 is 49.1 Å². The van der Waals surface area contributed by atoms with Crippen molar-refractivity contribution in [2.24, 2.45) is 0 Å². The van der Waals surface area contributed by atoms with Gasteiger partial charge >= 0.3 is 26.2 Å². The van der Waals surface area contributed by atoms with Gasteiger partial charge in [-0.1, -0.05) is 156 Å². The van der Waals surface area contributed by atoms with Crippen molar-refractivity contribution < 1.29 is 51.0 Å². The molecular formula is C39H35Br2Cl2Zr. The van der Waals surface area contributed by atoms with Gasteiger partial charge in [-0.3, -0.25) is 0 Å². The topological polar surface area (TPSA) is 0 Å². The van der Waals surface area contributed by atoms with Crippen molar-refractivity contribution in [2.45, 2.75) is 58.8 Å². The van der Waals surface area contributed by atoms with Crippen LogP contribution in [-0.4, -0.2) is 0 Å². The molecule has 0 amide bonds. The Bertz CT molecular complexity index is 1820. The molecule has 0 nitrogen and oxygen atoms in total. The van der Waals surface area contributed by atoms with E-state index < -0.39 is 0 Å². The van der Waals surface area contributed by atoms with Gasteiger partial charge in [0.05, 0.1) is 0 Å². The molecule has 0 heterocycles. The second kappa shape index (κ2) is 14.1. The molecule has 223 valence electrons. The normalized spacial score (nSPS) is 13.0. The Hall–Kier alpha value is -1.48. The molecule has 0 aliphatic heterocycles. The van der Waals surface area contributed by atoms with E-state index in [1.54, 1.807) is 0 Å². The molecular weight excluding hydrogens is 790 g/mol. The van der Waals surface area contributed by atoms with E-state index >= 15 is 0 Å². The molecule has 2 aliphatic rings. The van der Waals surface area contributed by atoms with E-state index in [2.05, 4.69) is 171 Å². The van der Waals surface area contributed by atoms with E-state index in [0.29, 0.717) is 0 Å². The molecule has 44 heavy (non-hydrogen) atoms. The number of hydrogen-bond donors (Lipinski definition) is 0. The van der Waals surface area contributed by atoms with Crippen LogP contribution in [0, 0.1) is 0 Å². The molecule has 4 aromatic carbocycles. The van der Waals surface area contributed by atoms with Crippen molar-refractivity contribution in [3.05, 3.63) is 144 Å². The van der Waals surface area contributed by atoms with E-state index in [-0.39, 0.29) is 61.8 Å². The molecule has 2 aliphatic carbocycles. The average molecular weight is 826 g/mol. The van der Waals surface area contributed by atoms with Crippen molar-refractivity contribution in [1.82, 2.24) is 0 Å². The van der Waals surface area contributed by atoms with Gasteiger partial charge in [0.25, 0.3) is 0 Å². The van der Waals surface area contributed by atoms with Crippen LogP contribution in [0.1, 0.15) is 81.3 Å². The predicted octanol–water partition coefficient (Wildman–Crippen LogP) is 4.09. The predicted molar refractivity (Wildman–Crippen MR) is 183 cm³/mol. The Kier molecular flexibility index (Phi) is 11.9. The summed E-state index contributed by atoms with van der Waals surface area (Å²) >= 11 is 7.32. The van der Waals surface area contributed by atoms with Gasteiger partial charge in [-0.2, -0.15) is 0 Å². The van der Waals surface area contributed by atoms with E-state index in [1.807, 2.05) is 0 Å². The average Bonchev–Trinajstić information content (AvgIpc) is 3.57. The van der Waals surface area contributed by atoms with Gasteiger partial charge in [0.15, 0.2) is 0 Å². The van der Waals surface area contributed by atoms with Crippen molar-refractivity contribution in [2.75, 3.05) is 0 Å². The van der Waals surface area contributed by atoms with Crippen LogP contribution >= 0.6 is 31.9 Å². The summed E-state index contributed by atoms with van der Waals surface area (Å²) in [5.41, 5.74) is 12.8. The summed E-state index contributed by atoms with van der Waals surface area (Å²) in [7, 11) is 0. The Morgan fingerprint density at radius 1 is 0.705 bits per heavy atom. The van der Waals surface area contributed by atoms with Gasteiger partial charge in [-0.05, 0) is 63.4 Å². The minimum Gasteiger partial charge on any atom is -1.00 e. The van der Waals surface area contributed by atoms with Gasteiger partial charge < -0.3 is 24.8 Å². The Morgan fingerprint density at radius 2 is 1.27 bits per heavy atom. The van der Waals surface area contributed by atoms with Crippen LogP contribution in [0.25, 0.3) is 28.3 Å². The van der Waals surface area contributed by atoms with Crippen LogP contribution < -0.4 is 35.3 Å². The molecule has 1 radical (unpaired) electrons. The second-order valence-electron chi connectivity index (χ2n) is 13.2. The molecule has 0 saturated heterocycles. The zero-order chi connectivity index (χ0) is 29.1. The number of hydrogen-bond acceptors (Lipinski definition) is 0. The van der Waals surface area contributed by atoms with Crippen molar-refractivity contribution in [1.29, 1.82) is 0 Å². The molecule has 0 saturated carbocycles. The third-order valence-corrected chi connectivity index (χ3v) is 9.20. The first-order valence-corrected chi connectivity index (χ1v) is 15.9. The van der Waals surface area contributed by atoms with Gasteiger partial charge in [0, 0.05) is 8.95 Å². The number of rotatable bonds is 3. The van der Waals surface area contributed by atoms with Gasteiger partial charge in [0.1, 0.15) is 0 Å². The first-order valence-electron chi connectivity index (χ1n) is 14.3. The molecule has 0 unspecified atom stereocenters. The summed E-state index contributed by atoms with van der Waals surface area (Å²) in [4.78, 5) is 0. The van der Waals surface area contributed by atoms with Gasteiger partial charge in [0.2, 0.25) is 0 Å². The minimum absolute atomic E-state index is 0. The molecule has 0 bridgehead atoms. The van der Waals surface area contributed by atoms with Crippen LogP contribution in [0.5, 0.6) is 0 Å². The summed E-state index contributed by atoms with van der Waals surface area (Å²) in [6, 6.07) is 27.0. The van der Waals surface area contributed by atoms with Crippen molar-refractivity contribution in [3.8, 4) is 11.1 Å². The fourth-order valence-corrected chi connectivity index (χ4v) is 6.68. The number of halogens is 4. The van der Waals surface area contributed by atoms with E-state index in [4.69, 9.17) is 0 Å². The first kappa shape index (κ1) is 37.0. The summed E-state index contributed by atoms with van der Waals surface area (Å²) in [5, 5.41) is 2.53. The molecule has 0 spiro atoms. The third kappa shape index (κ3) is 7.08. The van der Waals surface area contributed by atoms with E-state index in [9.17, 15) is 0 Å². The van der Waals surface area contributed by atoms with Crippen LogP contribution in [0.4, 0.5) is 0 Å². The van der Waals surface area contributed by atoms with Crippen molar-refractivity contribution in [3.63, 3.8) is 0 Å². The fraction of sp³-hybridized carbons (Fsp3) is 0.231.